The second-order valence-electron chi connectivity index (χ2n) is 4.38. The SMILES string of the molecule is C#CCC(CC)NC(CC)c1ccccc1OC. The third-order valence-corrected chi connectivity index (χ3v) is 3.22. The topological polar surface area (TPSA) is 21.3 Å². The zero-order chi connectivity index (χ0) is 13.4. The molecule has 1 aromatic rings. The largest absolute Gasteiger partial charge is 0.496 e. The highest BCUT2D eigenvalue weighted by Gasteiger charge is 2.16. The zero-order valence-electron chi connectivity index (χ0n) is 11.6. The number of rotatable bonds is 7. The van der Waals surface area contributed by atoms with Gasteiger partial charge < -0.3 is 10.1 Å². The van der Waals surface area contributed by atoms with Gasteiger partial charge >= 0.3 is 0 Å². The number of hydrogen-bond donors (Lipinski definition) is 1. The van der Waals surface area contributed by atoms with E-state index in [2.05, 4.69) is 31.2 Å². The Bertz CT molecular complexity index is 394. The summed E-state index contributed by atoms with van der Waals surface area (Å²) in [6, 6.07) is 8.81. The summed E-state index contributed by atoms with van der Waals surface area (Å²) in [5.41, 5.74) is 1.21. The van der Waals surface area contributed by atoms with E-state index in [1.807, 2.05) is 18.2 Å². The highest BCUT2D eigenvalue weighted by Crippen LogP contribution is 2.27. The number of terminal acetylenes is 1. The normalized spacial score (nSPS) is 13.7. The van der Waals surface area contributed by atoms with Crippen LogP contribution in [0.25, 0.3) is 0 Å². The van der Waals surface area contributed by atoms with Crippen molar-refractivity contribution < 1.29 is 4.74 Å². The van der Waals surface area contributed by atoms with Crippen molar-refractivity contribution in [3.8, 4) is 18.1 Å². The molecule has 0 radical (unpaired) electrons. The molecule has 0 saturated carbocycles. The molecule has 18 heavy (non-hydrogen) atoms. The monoisotopic (exact) mass is 245 g/mol. The first kappa shape index (κ1) is 14.6. The predicted octanol–water partition coefficient (Wildman–Crippen LogP) is 3.54. The summed E-state index contributed by atoms with van der Waals surface area (Å²) >= 11 is 0. The second-order valence-corrected chi connectivity index (χ2v) is 4.38. The summed E-state index contributed by atoms with van der Waals surface area (Å²) in [7, 11) is 1.71. The van der Waals surface area contributed by atoms with Crippen LogP contribution in [0.5, 0.6) is 5.75 Å². The van der Waals surface area contributed by atoms with Gasteiger partial charge in [-0.15, -0.1) is 12.3 Å². The van der Waals surface area contributed by atoms with E-state index in [1.165, 1.54) is 5.56 Å². The lowest BCUT2D eigenvalue weighted by Crippen LogP contribution is -2.32. The van der Waals surface area contributed by atoms with E-state index in [0.717, 1.165) is 25.0 Å². The Hall–Kier alpha value is -1.46. The molecule has 0 aliphatic carbocycles. The fourth-order valence-electron chi connectivity index (χ4n) is 2.13. The first-order valence-corrected chi connectivity index (χ1v) is 6.59. The molecule has 2 heteroatoms. The van der Waals surface area contributed by atoms with Crippen molar-refractivity contribution in [2.24, 2.45) is 0 Å². The molecule has 0 bridgehead atoms. The fraction of sp³-hybridized carbons (Fsp3) is 0.500. The minimum absolute atomic E-state index is 0.291. The quantitative estimate of drug-likeness (QED) is 0.742. The standard InChI is InChI=1S/C16H23NO/c1-5-10-13(6-2)17-15(7-3)14-11-8-9-12-16(14)18-4/h1,8-9,11-13,15,17H,6-7,10H2,2-4H3. The summed E-state index contributed by atoms with van der Waals surface area (Å²) in [5.74, 6) is 3.67. The molecule has 0 amide bonds. The van der Waals surface area contributed by atoms with E-state index in [0.29, 0.717) is 12.1 Å². The number of methoxy groups -OCH3 is 1. The summed E-state index contributed by atoms with van der Waals surface area (Å²) in [6.07, 6.45) is 8.22. The highest BCUT2D eigenvalue weighted by molar-refractivity contribution is 5.35. The zero-order valence-corrected chi connectivity index (χ0v) is 11.6. The molecule has 1 aromatic carbocycles. The van der Waals surface area contributed by atoms with Gasteiger partial charge in [0.25, 0.3) is 0 Å². The van der Waals surface area contributed by atoms with Crippen LogP contribution in [0.2, 0.25) is 0 Å². The summed E-state index contributed by atoms with van der Waals surface area (Å²) in [4.78, 5) is 0. The smallest absolute Gasteiger partial charge is 0.123 e. The van der Waals surface area contributed by atoms with Crippen LogP contribution in [0.3, 0.4) is 0 Å². The predicted molar refractivity (Wildman–Crippen MR) is 76.7 cm³/mol. The Morgan fingerprint density at radius 3 is 2.56 bits per heavy atom. The molecule has 98 valence electrons. The first-order chi connectivity index (χ1) is 8.76. The van der Waals surface area contributed by atoms with Gasteiger partial charge in [-0.25, -0.2) is 0 Å². The van der Waals surface area contributed by atoms with Crippen LogP contribution < -0.4 is 10.1 Å². The van der Waals surface area contributed by atoms with E-state index < -0.39 is 0 Å². The summed E-state index contributed by atoms with van der Waals surface area (Å²) in [6.45, 7) is 4.33. The molecular weight excluding hydrogens is 222 g/mol. The van der Waals surface area contributed by atoms with Gasteiger partial charge in [0.2, 0.25) is 0 Å². The third-order valence-electron chi connectivity index (χ3n) is 3.22. The molecule has 0 aromatic heterocycles. The molecule has 1 rings (SSSR count). The van der Waals surface area contributed by atoms with Crippen molar-refractivity contribution in [3.05, 3.63) is 29.8 Å². The molecule has 0 spiro atoms. The van der Waals surface area contributed by atoms with Gasteiger partial charge in [-0.2, -0.15) is 0 Å². The molecule has 2 unspecified atom stereocenters. The number of ether oxygens (including phenoxy) is 1. The maximum Gasteiger partial charge on any atom is 0.123 e. The molecule has 0 fully saturated rings. The Morgan fingerprint density at radius 2 is 2.00 bits per heavy atom. The average molecular weight is 245 g/mol. The highest BCUT2D eigenvalue weighted by atomic mass is 16.5. The van der Waals surface area contributed by atoms with Crippen LogP contribution in [0.15, 0.2) is 24.3 Å². The minimum Gasteiger partial charge on any atom is -0.496 e. The number of benzene rings is 1. The molecule has 1 N–H and O–H groups in total. The van der Waals surface area contributed by atoms with E-state index in [4.69, 9.17) is 11.2 Å². The Labute approximate surface area is 111 Å². The average Bonchev–Trinajstić information content (AvgIpc) is 2.43. The van der Waals surface area contributed by atoms with Crippen LogP contribution in [-0.4, -0.2) is 13.2 Å². The summed E-state index contributed by atoms with van der Waals surface area (Å²) < 4.78 is 5.42. The van der Waals surface area contributed by atoms with Crippen LogP contribution in [-0.2, 0) is 0 Å². The van der Waals surface area contributed by atoms with Gasteiger partial charge in [-0.3, -0.25) is 0 Å². The second kappa shape index (κ2) is 7.79. The molecule has 2 atom stereocenters. The van der Waals surface area contributed by atoms with E-state index in [-0.39, 0.29) is 0 Å². The Kier molecular flexibility index (Phi) is 6.32. The van der Waals surface area contributed by atoms with Crippen LogP contribution in [0.1, 0.15) is 44.7 Å². The number of hydrogen-bond acceptors (Lipinski definition) is 2. The Balaban J connectivity index is 2.85. The van der Waals surface area contributed by atoms with Gasteiger partial charge in [-0.1, -0.05) is 32.0 Å². The van der Waals surface area contributed by atoms with Gasteiger partial charge in [0.05, 0.1) is 7.11 Å². The van der Waals surface area contributed by atoms with Gasteiger partial charge in [-0.05, 0) is 18.9 Å². The maximum absolute atomic E-state index is 5.42. The third kappa shape index (κ3) is 3.78. The lowest BCUT2D eigenvalue weighted by Gasteiger charge is -2.24. The lowest BCUT2D eigenvalue weighted by atomic mass is 10.0. The van der Waals surface area contributed by atoms with E-state index in [9.17, 15) is 0 Å². The first-order valence-electron chi connectivity index (χ1n) is 6.59. The molecule has 2 nitrogen and oxygen atoms in total. The van der Waals surface area contributed by atoms with Crippen molar-refractivity contribution in [1.29, 1.82) is 0 Å². The van der Waals surface area contributed by atoms with Crippen LogP contribution in [0.4, 0.5) is 0 Å². The van der Waals surface area contributed by atoms with Crippen molar-refractivity contribution >= 4 is 0 Å². The van der Waals surface area contributed by atoms with Crippen LogP contribution in [0, 0.1) is 12.3 Å². The molecular formula is C16H23NO. The molecule has 0 aliphatic heterocycles. The Morgan fingerprint density at radius 1 is 1.28 bits per heavy atom. The number of nitrogens with one attached hydrogen (secondary N) is 1. The lowest BCUT2D eigenvalue weighted by molar-refractivity contribution is 0.379. The van der Waals surface area contributed by atoms with Gasteiger partial charge in [0, 0.05) is 24.1 Å². The molecule has 0 aliphatic rings. The van der Waals surface area contributed by atoms with Crippen molar-refractivity contribution in [3.63, 3.8) is 0 Å². The van der Waals surface area contributed by atoms with Crippen molar-refractivity contribution in [2.75, 3.05) is 7.11 Å². The van der Waals surface area contributed by atoms with Gasteiger partial charge in [0.1, 0.15) is 5.75 Å². The van der Waals surface area contributed by atoms with Crippen molar-refractivity contribution in [2.45, 2.75) is 45.2 Å². The van der Waals surface area contributed by atoms with E-state index >= 15 is 0 Å². The molecule has 0 heterocycles. The summed E-state index contributed by atoms with van der Waals surface area (Å²) in [5, 5.41) is 3.62. The van der Waals surface area contributed by atoms with E-state index in [1.54, 1.807) is 7.11 Å². The molecule has 0 saturated heterocycles. The van der Waals surface area contributed by atoms with Gasteiger partial charge in [0.15, 0.2) is 0 Å². The fourth-order valence-corrected chi connectivity index (χ4v) is 2.13. The number of para-hydroxylation sites is 1. The minimum atomic E-state index is 0.291. The van der Waals surface area contributed by atoms with Crippen LogP contribution >= 0.6 is 0 Å². The van der Waals surface area contributed by atoms with Crippen molar-refractivity contribution in [1.82, 2.24) is 5.32 Å². The maximum atomic E-state index is 5.42.